The Labute approximate surface area is 187 Å². The van der Waals surface area contributed by atoms with Gasteiger partial charge in [-0.3, -0.25) is 0 Å². The van der Waals surface area contributed by atoms with Gasteiger partial charge in [0.25, 0.3) is 0 Å². The summed E-state index contributed by atoms with van der Waals surface area (Å²) in [5.74, 6) is 0.829. The number of nitrogens with one attached hydrogen (secondary N) is 1. The van der Waals surface area contributed by atoms with Crippen molar-refractivity contribution in [1.82, 2.24) is 15.1 Å². The van der Waals surface area contributed by atoms with Crippen molar-refractivity contribution in [2.24, 2.45) is 0 Å². The molecule has 3 aromatic rings. The minimum absolute atomic E-state index is 0.135. The number of anilines is 2. The van der Waals surface area contributed by atoms with Crippen LogP contribution < -0.4 is 10.2 Å². The van der Waals surface area contributed by atoms with Crippen molar-refractivity contribution < 1.29 is 4.79 Å². The molecule has 0 unspecified atom stereocenters. The van der Waals surface area contributed by atoms with Crippen LogP contribution in [0, 0.1) is 6.92 Å². The highest BCUT2D eigenvalue weighted by Crippen LogP contribution is 2.24. The van der Waals surface area contributed by atoms with E-state index < -0.39 is 0 Å². The van der Waals surface area contributed by atoms with Crippen molar-refractivity contribution in [2.45, 2.75) is 20.3 Å². The average Bonchev–Trinajstić information content (AvgIpc) is 2.82. The fourth-order valence-electron chi connectivity index (χ4n) is 3.63. The molecular formula is C24H26ClN5O. The predicted octanol–water partition coefficient (Wildman–Crippen LogP) is 5.02. The van der Waals surface area contributed by atoms with Gasteiger partial charge in [-0.05, 0) is 48.7 Å². The molecule has 0 atom stereocenters. The molecule has 1 saturated heterocycles. The summed E-state index contributed by atoms with van der Waals surface area (Å²) in [7, 11) is 0. The van der Waals surface area contributed by atoms with E-state index in [2.05, 4.69) is 51.6 Å². The maximum absolute atomic E-state index is 12.6. The Morgan fingerprint density at radius 1 is 1.00 bits per heavy atom. The summed E-state index contributed by atoms with van der Waals surface area (Å²) in [4.78, 5) is 16.6. The van der Waals surface area contributed by atoms with Crippen LogP contribution in [0.3, 0.4) is 0 Å². The summed E-state index contributed by atoms with van der Waals surface area (Å²) < 4.78 is 0. The summed E-state index contributed by atoms with van der Waals surface area (Å²) in [5.41, 5.74) is 4.92. The second-order valence-electron chi connectivity index (χ2n) is 7.71. The lowest BCUT2D eigenvalue weighted by atomic mass is 10.1. The first-order valence-corrected chi connectivity index (χ1v) is 10.9. The van der Waals surface area contributed by atoms with Gasteiger partial charge in [-0.15, -0.1) is 10.2 Å². The van der Waals surface area contributed by atoms with Gasteiger partial charge in [0.2, 0.25) is 0 Å². The summed E-state index contributed by atoms with van der Waals surface area (Å²) in [6.07, 6.45) is 1.02. The number of benzene rings is 2. The van der Waals surface area contributed by atoms with E-state index in [0.717, 1.165) is 29.1 Å². The highest BCUT2D eigenvalue weighted by atomic mass is 35.5. The molecule has 1 aliphatic rings. The number of piperazine rings is 1. The molecule has 4 rings (SSSR count). The van der Waals surface area contributed by atoms with E-state index in [4.69, 9.17) is 11.6 Å². The van der Waals surface area contributed by atoms with Gasteiger partial charge in [0.1, 0.15) is 0 Å². The number of aryl methyl sites for hydroxylation is 2. The van der Waals surface area contributed by atoms with Crippen molar-refractivity contribution in [3.05, 3.63) is 70.7 Å². The van der Waals surface area contributed by atoms with Crippen LogP contribution in [0.1, 0.15) is 18.1 Å². The minimum Gasteiger partial charge on any atom is -0.352 e. The zero-order chi connectivity index (χ0) is 21.8. The molecule has 2 amide bonds. The molecule has 1 N–H and O–H groups in total. The van der Waals surface area contributed by atoms with Gasteiger partial charge in [-0.25, -0.2) is 4.79 Å². The molecule has 31 heavy (non-hydrogen) atoms. The predicted molar refractivity (Wildman–Crippen MR) is 126 cm³/mol. The number of amides is 2. The number of carbonyl (C=O) groups excluding carboxylic acids is 1. The van der Waals surface area contributed by atoms with Crippen molar-refractivity contribution >= 4 is 29.1 Å². The van der Waals surface area contributed by atoms with Crippen molar-refractivity contribution in [2.75, 3.05) is 36.4 Å². The van der Waals surface area contributed by atoms with Gasteiger partial charge in [0, 0.05) is 31.7 Å². The highest BCUT2D eigenvalue weighted by Gasteiger charge is 2.22. The Morgan fingerprint density at radius 3 is 2.39 bits per heavy atom. The standard InChI is InChI=1S/C24H26ClN5O/c1-3-18-5-7-19(8-6-18)21-10-11-23(28-27-21)29-12-14-30(15-13-29)24(31)26-22-16-17(2)4-9-20(22)25/h4-11,16H,3,12-15H2,1-2H3,(H,26,31). The van der Waals surface area contributed by atoms with E-state index in [1.54, 1.807) is 11.0 Å². The summed E-state index contributed by atoms with van der Waals surface area (Å²) >= 11 is 6.20. The molecule has 0 bridgehead atoms. The van der Waals surface area contributed by atoms with Crippen LogP contribution in [0.15, 0.2) is 54.6 Å². The number of carbonyl (C=O) groups is 1. The normalized spacial score (nSPS) is 13.9. The molecule has 0 spiro atoms. The molecule has 1 aromatic heterocycles. The lowest BCUT2D eigenvalue weighted by molar-refractivity contribution is 0.208. The monoisotopic (exact) mass is 435 g/mol. The first-order chi connectivity index (χ1) is 15.0. The molecule has 2 aromatic carbocycles. The number of hydrogen-bond acceptors (Lipinski definition) is 4. The molecule has 6 nitrogen and oxygen atoms in total. The van der Waals surface area contributed by atoms with Gasteiger partial charge in [0.05, 0.1) is 16.4 Å². The van der Waals surface area contributed by atoms with Gasteiger partial charge in [-0.2, -0.15) is 0 Å². The number of rotatable bonds is 4. The fourth-order valence-corrected chi connectivity index (χ4v) is 3.79. The number of urea groups is 1. The first kappa shape index (κ1) is 21.1. The molecule has 1 fully saturated rings. The van der Waals surface area contributed by atoms with Crippen LogP contribution >= 0.6 is 11.6 Å². The van der Waals surface area contributed by atoms with Crippen LogP contribution in [0.4, 0.5) is 16.3 Å². The smallest absolute Gasteiger partial charge is 0.322 e. The SMILES string of the molecule is CCc1ccc(-c2ccc(N3CCN(C(=O)Nc4cc(C)ccc4Cl)CC3)nn2)cc1. The zero-order valence-electron chi connectivity index (χ0n) is 17.8. The van der Waals surface area contributed by atoms with Crippen molar-refractivity contribution in [3.8, 4) is 11.3 Å². The Morgan fingerprint density at radius 2 is 1.74 bits per heavy atom. The van der Waals surface area contributed by atoms with Crippen LogP contribution in [0.25, 0.3) is 11.3 Å². The van der Waals surface area contributed by atoms with Crippen molar-refractivity contribution in [3.63, 3.8) is 0 Å². The summed E-state index contributed by atoms with van der Waals surface area (Å²) in [6.45, 7) is 6.73. The third kappa shape index (κ3) is 4.97. The van der Waals surface area contributed by atoms with Crippen molar-refractivity contribution in [1.29, 1.82) is 0 Å². The van der Waals surface area contributed by atoms with Crippen LogP contribution in [-0.2, 0) is 6.42 Å². The van der Waals surface area contributed by atoms with Gasteiger partial charge in [-0.1, -0.05) is 48.9 Å². The minimum atomic E-state index is -0.135. The quantitative estimate of drug-likeness (QED) is 0.624. The number of nitrogens with zero attached hydrogens (tertiary/aromatic N) is 4. The van der Waals surface area contributed by atoms with E-state index in [9.17, 15) is 4.79 Å². The van der Waals surface area contributed by atoms with Gasteiger partial charge < -0.3 is 15.1 Å². The fraction of sp³-hybridized carbons (Fsp3) is 0.292. The van der Waals surface area contributed by atoms with E-state index in [1.165, 1.54) is 5.56 Å². The van der Waals surface area contributed by atoms with Gasteiger partial charge >= 0.3 is 6.03 Å². The Bertz CT molecular complexity index is 1040. The molecule has 160 valence electrons. The third-order valence-electron chi connectivity index (χ3n) is 5.56. The van der Waals surface area contributed by atoms with Crippen LogP contribution in [0.5, 0.6) is 0 Å². The number of halogens is 1. The first-order valence-electron chi connectivity index (χ1n) is 10.5. The number of hydrogen-bond donors (Lipinski definition) is 1. The lowest BCUT2D eigenvalue weighted by Gasteiger charge is -2.35. The number of aromatic nitrogens is 2. The second kappa shape index (κ2) is 9.35. The summed E-state index contributed by atoms with van der Waals surface area (Å²) in [5, 5.41) is 12.3. The van der Waals surface area contributed by atoms with Crippen LogP contribution in [-0.4, -0.2) is 47.3 Å². The largest absolute Gasteiger partial charge is 0.352 e. The highest BCUT2D eigenvalue weighted by molar-refractivity contribution is 6.33. The van der Waals surface area contributed by atoms with Gasteiger partial charge in [0.15, 0.2) is 5.82 Å². The molecule has 2 heterocycles. The Balaban J connectivity index is 1.35. The average molecular weight is 436 g/mol. The topological polar surface area (TPSA) is 61.4 Å². The third-order valence-corrected chi connectivity index (χ3v) is 5.89. The van der Waals surface area contributed by atoms with E-state index in [1.807, 2.05) is 31.2 Å². The maximum atomic E-state index is 12.6. The zero-order valence-corrected chi connectivity index (χ0v) is 18.6. The van der Waals surface area contributed by atoms with E-state index in [0.29, 0.717) is 36.9 Å². The molecule has 0 aliphatic carbocycles. The lowest BCUT2D eigenvalue weighted by Crippen LogP contribution is -2.50. The molecule has 0 radical (unpaired) electrons. The van der Waals surface area contributed by atoms with E-state index >= 15 is 0 Å². The molecule has 1 aliphatic heterocycles. The Hall–Kier alpha value is -3.12. The maximum Gasteiger partial charge on any atom is 0.322 e. The molecular weight excluding hydrogens is 410 g/mol. The Kier molecular flexibility index (Phi) is 6.37. The van der Waals surface area contributed by atoms with Crippen LogP contribution in [0.2, 0.25) is 5.02 Å². The second-order valence-corrected chi connectivity index (χ2v) is 8.12. The summed E-state index contributed by atoms with van der Waals surface area (Å²) in [6, 6.07) is 17.9. The molecule has 0 saturated carbocycles. The molecule has 7 heteroatoms. The van der Waals surface area contributed by atoms with E-state index in [-0.39, 0.29) is 6.03 Å².